The molecule has 0 aromatic heterocycles. The first-order valence-corrected chi connectivity index (χ1v) is 8.16. The molecule has 110 valence electrons. The average Bonchev–Trinajstić information content (AvgIpc) is 2.49. The molecule has 2 rings (SSSR count). The molecule has 3 N–H and O–H groups in total. The Labute approximate surface area is 145 Å². The number of rotatable bonds is 5. The third-order valence-corrected chi connectivity index (χ3v) is 4.11. The van der Waals surface area contributed by atoms with E-state index >= 15 is 0 Å². The fourth-order valence-electron chi connectivity index (χ4n) is 1.68. The van der Waals surface area contributed by atoms with Crippen LogP contribution >= 0.6 is 38.5 Å². The first-order chi connectivity index (χ1) is 10.1. The lowest BCUT2D eigenvalue weighted by molar-refractivity contribution is 0.102. The van der Waals surface area contributed by atoms with Gasteiger partial charge in [0.05, 0.1) is 5.56 Å². The van der Waals surface area contributed by atoms with E-state index in [1.165, 1.54) is 0 Å². The van der Waals surface area contributed by atoms with Crippen LogP contribution in [0, 0.1) is 3.57 Å². The quantitative estimate of drug-likeness (QED) is 0.669. The SMILES string of the molecule is NCCOc1ccc(NC(=O)c2cc(Br)ccc2I)cc1. The normalized spacial score (nSPS) is 10.2. The zero-order valence-corrected chi connectivity index (χ0v) is 14.8. The van der Waals surface area contributed by atoms with Crippen molar-refractivity contribution in [3.05, 3.63) is 56.1 Å². The monoisotopic (exact) mass is 460 g/mol. The zero-order chi connectivity index (χ0) is 15.2. The molecule has 1 amide bonds. The lowest BCUT2D eigenvalue weighted by atomic mass is 10.2. The van der Waals surface area contributed by atoms with Gasteiger partial charge in [-0.15, -0.1) is 0 Å². The third-order valence-electron chi connectivity index (χ3n) is 2.67. The minimum absolute atomic E-state index is 0.142. The molecule has 6 heteroatoms. The lowest BCUT2D eigenvalue weighted by Gasteiger charge is -2.09. The highest BCUT2D eigenvalue weighted by atomic mass is 127. The number of carbonyl (C=O) groups excluding carboxylic acids is 1. The second kappa shape index (κ2) is 7.77. The summed E-state index contributed by atoms with van der Waals surface area (Å²) in [5, 5.41) is 2.86. The van der Waals surface area contributed by atoms with Crippen molar-refractivity contribution in [2.24, 2.45) is 5.73 Å². The molecular formula is C15H14BrIN2O2. The highest BCUT2D eigenvalue weighted by Crippen LogP contribution is 2.21. The van der Waals surface area contributed by atoms with Crippen LogP contribution in [0.5, 0.6) is 5.75 Å². The Morgan fingerprint density at radius 1 is 1.24 bits per heavy atom. The predicted molar refractivity (Wildman–Crippen MR) is 95.8 cm³/mol. The predicted octanol–water partition coefficient (Wildman–Crippen LogP) is 3.64. The van der Waals surface area contributed by atoms with Gasteiger partial charge >= 0.3 is 0 Å². The maximum absolute atomic E-state index is 12.3. The Morgan fingerprint density at radius 3 is 2.62 bits per heavy atom. The van der Waals surface area contributed by atoms with Gasteiger partial charge in [0.15, 0.2) is 0 Å². The van der Waals surface area contributed by atoms with E-state index in [4.69, 9.17) is 10.5 Å². The first-order valence-electron chi connectivity index (χ1n) is 6.29. The van der Waals surface area contributed by atoms with E-state index in [0.29, 0.717) is 18.7 Å². The van der Waals surface area contributed by atoms with Gasteiger partial charge in [-0.1, -0.05) is 15.9 Å². The van der Waals surface area contributed by atoms with Gasteiger partial charge in [0.25, 0.3) is 5.91 Å². The molecule has 0 aliphatic carbocycles. The standard InChI is InChI=1S/C15H14BrIN2O2/c16-10-1-6-14(17)13(9-10)15(20)19-11-2-4-12(5-3-11)21-8-7-18/h1-6,9H,7-8,18H2,(H,19,20). The highest BCUT2D eigenvalue weighted by Gasteiger charge is 2.10. The number of hydrogen-bond acceptors (Lipinski definition) is 3. The number of anilines is 1. The Morgan fingerprint density at radius 2 is 1.95 bits per heavy atom. The molecule has 0 saturated heterocycles. The minimum Gasteiger partial charge on any atom is -0.492 e. The number of amides is 1. The molecule has 4 nitrogen and oxygen atoms in total. The van der Waals surface area contributed by atoms with Crippen LogP contribution in [0.2, 0.25) is 0 Å². The topological polar surface area (TPSA) is 64.3 Å². The molecule has 0 fully saturated rings. The van der Waals surface area contributed by atoms with Gasteiger partial charge in [0, 0.05) is 20.3 Å². The molecule has 0 saturated carbocycles. The Hall–Kier alpha value is -1.12. The van der Waals surface area contributed by atoms with E-state index in [0.717, 1.165) is 19.5 Å². The van der Waals surface area contributed by atoms with Gasteiger partial charge in [0.1, 0.15) is 12.4 Å². The van der Waals surface area contributed by atoms with Gasteiger partial charge in [-0.3, -0.25) is 4.79 Å². The zero-order valence-electron chi connectivity index (χ0n) is 11.1. The molecule has 21 heavy (non-hydrogen) atoms. The van der Waals surface area contributed by atoms with Crippen molar-refractivity contribution in [3.63, 3.8) is 0 Å². The molecule has 0 bridgehead atoms. The molecule has 0 radical (unpaired) electrons. The summed E-state index contributed by atoms with van der Waals surface area (Å²) in [6.45, 7) is 0.946. The summed E-state index contributed by atoms with van der Waals surface area (Å²) in [4.78, 5) is 12.3. The maximum Gasteiger partial charge on any atom is 0.256 e. The second-order valence-corrected chi connectivity index (χ2v) is 6.32. The summed E-state index contributed by atoms with van der Waals surface area (Å²) in [5.41, 5.74) is 6.73. The van der Waals surface area contributed by atoms with Crippen molar-refractivity contribution < 1.29 is 9.53 Å². The van der Waals surface area contributed by atoms with Crippen molar-refractivity contribution >= 4 is 50.1 Å². The Bertz CT molecular complexity index is 632. The molecule has 0 aliphatic rings. The molecule has 2 aromatic rings. The fraction of sp³-hybridized carbons (Fsp3) is 0.133. The number of halogens is 2. The Balaban J connectivity index is 2.07. The maximum atomic E-state index is 12.3. The van der Waals surface area contributed by atoms with Gasteiger partial charge in [-0.05, 0) is 65.1 Å². The van der Waals surface area contributed by atoms with E-state index in [-0.39, 0.29) is 5.91 Å². The molecule has 2 aromatic carbocycles. The van der Waals surface area contributed by atoms with Gasteiger partial charge in [-0.2, -0.15) is 0 Å². The number of carbonyl (C=O) groups is 1. The van der Waals surface area contributed by atoms with E-state index in [1.54, 1.807) is 30.3 Å². The van der Waals surface area contributed by atoms with Crippen molar-refractivity contribution in [1.29, 1.82) is 0 Å². The van der Waals surface area contributed by atoms with Gasteiger partial charge in [0.2, 0.25) is 0 Å². The molecule has 0 aliphatic heterocycles. The van der Waals surface area contributed by atoms with Crippen molar-refractivity contribution in [2.75, 3.05) is 18.5 Å². The molecular weight excluding hydrogens is 447 g/mol. The van der Waals surface area contributed by atoms with E-state index in [9.17, 15) is 4.79 Å². The van der Waals surface area contributed by atoms with E-state index in [1.807, 2.05) is 12.1 Å². The molecule has 0 spiro atoms. The number of ether oxygens (including phenoxy) is 1. The van der Waals surface area contributed by atoms with Crippen LogP contribution in [0.3, 0.4) is 0 Å². The largest absolute Gasteiger partial charge is 0.492 e. The number of nitrogens with one attached hydrogen (secondary N) is 1. The second-order valence-electron chi connectivity index (χ2n) is 4.24. The fourth-order valence-corrected chi connectivity index (χ4v) is 2.62. The summed E-state index contributed by atoms with van der Waals surface area (Å²) in [5.74, 6) is 0.590. The molecule has 0 heterocycles. The summed E-state index contributed by atoms with van der Waals surface area (Å²) in [6, 6.07) is 12.8. The summed E-state index contributed by atoms with van der Waals surface area (Å²) in [7, 11) is 0. The van der Waals surface area contributed by atoms with Crippen LogP contribution in [0.4, 0.5) is 5.69 Å². The smallest absolute Gasteiger partial charge is 0.256 e. The number of hydrogen-bond donors (Lipinski definition) is 2. The third kappa shape index (κ3) is 4.69. The minimum atomic E-state index is -0.142. The van der Waals surface area contributed by atoms with Crippen molar-refractivity contribution in [2.45, 2.75) is 0 Å². The van der Waals surface area contributed by atoms with Crippen LogP contribution in [0.1, 0.15) is 10.4 Å². The van der Waals surface area contributed by atoms with E-state index < -0.39 is 0 Å². The van der Waals surface area contributed by atoms with Crippen molar-refractivity contribution in [1.82, 2.24) is 0 Å². The van der Waals surface area contributed by atoms with Crippen molar-refractivity contribution in [3.8, 4) is 5.75 Å². The van der Waals surface area contributed by atoms with Crippen LogP contribution in [0.15, 0.2) is 46.9 Å². The average molecular weight is 461 g/mol. The number of nitrogens with two attached hydrogens (primary N) is 1. The van der Waals surface area contributed by atoms with Crippen LogP contribution in [-0.2, 0) is 0 Å². The van der Waals surface area contributed by atoms with Crippen LogP contribution < -0.4 is 15.8 Å². The van der Waals surface area contributed by atoms with E-state index in [2.05, 4.69) is 43.8 Å². The Kier molecular flexibility index (Phi) is 6.01. The number of benzene rings is 2. The van der Waals surface area contributed by atoms with Gasteiger partial charge in [-0.25, -0.2) is 0 Å². The first kappa shape index (κ1) is 16.3. The molecule has 0 unspecified atom stereocenters. The summed E-state index contributed by atoms with van der Waals surface area (Å²) < 4.78 is 7.16. The highest BCUT2D eigenvalue weighted by molar-refractivity contribution is 14.1. The lowest BCUT2D eigenvalue weighted by Crippen LogP contribution is -2.13. The molecule has 0 atom stereocenters. The summed E-state index contributed by atoms with van der Waals surface area (Å²) in [6.07, 6.45) is 0. The summed E-state index contributed by atoms with van der Waals surface area (Å²) >= 11 is 5.52. The van der Waals surface area contributed by atoms with Gasteiger partial charge < -0.3 is 15.8 Å². The van der Waals surface area contributed by atoms with Crippen LogP contribution in [-0.4, -0.2) is 19.1 Å². The van der Waals surface area contributed by atoms with Crippen LogP contribution in [0.25, 0.3) is 0 Å².